The van der Waals surface area contributed by atoms with Crippen LogP contribution in [0.4, 0.5) is 0 Å². The molecule has 52 heavy (non-hydrogen) atoms. The largest absolute Gasteiger partial charge is 0.472 e. The van der Waals surface area contributed by atoms with E-state index in [-0.39, 0.29) is 19.1 Å². The SMILES string of the molecule is CCCCC/C=C/C/C=C/CCCCCCCC(=O)N[C@@H](COP(=O)(O)OCC[N+](C)(C)C)[C@H](O)/C=C/CCCCCCCCCCCCCCC. The number of likely N-dealkylation sites (N-methyl/N-ethyl adjacent to an activating group) is 1. The minimum absolute atomic E-state index is 0.0582. The molecule has 0 fully saturated rings. The van der Waals surface area contributed by atoms with Gasteiger partial charge in [0, 0.05) is 6.42 Å². The topological polar surface area (TPSA) is 105 Å². The van der Waals surface area contributed by atoms with E-state index in [1.807, 2.05) is 27.2 Å². The van der Waals surface area contributed by atoms with Crippen LogP contribution >= 0.6 is 7.82 Å². The molecule has 0 aromatic carbocycles. The van der Waals surface area contributed by atoms with Crippen LogP contribution in [0.25, 0.3) is 0 Å². The van der Waals surface area contributed by atoms with E-state index in [2.05, 4.69) is 43.5 Å². The summed E-state index contributed by atoms with van der Waals surface area (Å²) in [6.07, 6.45) is 42.0. The molecule has 306 valence electrons. The summed E-state index contributed by atoms with van der Waals surface area (Å²) < 4.78 is 23.5. The molecule has 3 N–H and O–H groups in total. The summed E-state index contributed by atoms with van der Waals surface area (Å²) in [5.74, 6) is -0.193. The highest BCUT2D eigenvalue weighted by Gasteiger charge is 2.27. The van der Waals surface area contributed by atoms with Crippen molar-refractivity contribution >= 4 is 13.7 Å². The molecule has 0 aliphatic rings. The number of hydrogen-bond donors (Lipinski definition) is 3. The van der Waals surface area contributed by atoms with Crippen LogP contribution in [-0.4, -0.2) is 73.4 Å². The van der Waals surface area contributed by atoms with Crippen molar-refractivity contribution in [2.45, 2.75) is 193 Å². The number of carbonyl (C=O) groups is 1. The summed E-state index contributed by atoms with van der Waals surface area (Å²) in [5.41, 5.74) is 0. The molecule has 0 aromatic heterocycles. The van der Waals surface area contributed by atoms with Gasteiger partial charge in [-0.1, -0.05) is 159 Å². The van der Waals surface area contributed by atoms with Gasteiger partial charge in [0.1, 0.15) is 13.2 Å². The second-order valence-electron chi connectivity index (χ2n) is 15.7. The second-order valence-corrected chi connectivity index (χ2v) is 17.2. The lowest BCUT2D eigenvalue weighted by atomic mass is 10.0. The Morgan fingerprint density at radius 3 is 1.62 bits per heavy atom. The van der Waals surface area contributed by atoms with Gasteiger partial charge in [-0.25, -0.2) is 4.57 Å². The average Bonchev–Trinajstić information content (AvgIpc) is 3.09. The van der Waals surface area contributed by atoms with Gasteiger partial charge >= 0.3 is 7.82 Å². The maximum atomic E-state index is 12.8. The number of phosphoric ester groups is 1. The molecule has 0 saturated carbocycles. The molecule has 0 spiro atoms. The van der Waals surface area contributed by atoms with Crippen LogP contribution in [0.1, 0.15) is 181 Å². The van der Waals surface area contributed by atoms with Crippen LogP contribution in [0, 0.1) is 0 Å². The predicted octanol–water partition coefficient (Wildman–Crippen LogP) is 11.5. The quantitative estimate of drug-likeness (QED) is 0.0251. The molecule has 0 aromatic rings. The third kappa shape index (κ3) is 37.1. The van der Waals surface area contributed by atoms with Crippen LogP contribution < -0.4 is 5.32 Å². The van der Waals surface area contributed by atoms with E-state index in [1.165, 1.54) is 96.3 Å². The number of nitrogens with zero attached hydrogens (tertiary/aromatic N) is 1. The van der Waals surface area contributed by atoms with E-state index in [0.29, 0.717) is 17.4 Å². The van der Waals surface area contributed by atoms with Gasteiger partial charge in [0.2, 0.25) is 5.91 Å². The van der Waals surface area contributed by atoms with Crippen molar-refractivity contribution in [2.24, 2.45) is 0 Å². The Bertz CT molecular complexity index is 948. The van der Waals surface area contributed by atoms with Gasteiger partial charge in [-0.2, -0.15) is 0 Å². The number of rotatable bonds is 38. The molecule has 3 atom stereocenters. The summed E-state index contributed by atoms with van der Waals surface area (Å²) in [6.45, 7) is 4.76. The van der Waals surface area contributed by atoms with Crippen molar-refractivity contribution in [2.75, 3.05) is 40.9 Å². The number of hydrogen-bond acceptors (Lipinski definition) is 5. The zero-order valence-corrected chi connectivity index (χ0v) is 35.4. The predicted molar refractivity (Wildman–Crippen MR) is 221 cm³/mol. The molecule has 9 heteroatoms. The first kappa shape index (κ1) is 50.7. The number of aliphatic hydroxyl groups excluding tert-OH is 1. The van der Waals surface area contributed by atoms with Gasteiger partial charge in [-0.3, -0.25) is 13.8 Å². The van der Waals surface area contributed by atoms with E-state index < -0.39 is 20.0 Å². The standard InChI is InChI=1S/C43H83N2O6P/c1-6-8-10-12-14-16-18-20-22-24-26-28-30-32-34-36-42(46)41(40-51-52(48,49)50-39-38-45(3,4)5)44-43(47)37-35-33-31-29-27-25-23-21-19-17-15-13-11-9-7-2/h15,17,21,23,34,36,41-42,46H,6-14,16,18-20,22,24-33,35,37-40H2,1-5H3,(H-,44,47,48,49)/p+1/b17-15+,23-21+,36-34+/t41-,42+/m0/s1. The van der Waals surface area contributed by atoms with Crippen LogP contribution in [0.15, 0.2) is 36.5 Å². The smallest absolute Gasteiger partial charge is 0.387 e. The van der Waals surface area contributed by atoms with E-state index >= 15 is 0 Å². The molecule has 8 nitrogen and oxygen atoms in total. The van der Waals surface area contributed by atoms with E-state index in [1.54, 1.807) is 6.08 Å². The fourth-order valence-corrected chi connectivity index (χ4v) is 6.63. The normalized spacial score (nSPS) is 14.8. The van der Waals surface area contributed by atoms with Crippen molar-refractivity contribution in [3.8, 4) is 0 Å². The summed E-state index contributed by atoms with van der Waals surface area (Å²) in [5, 5.41) is 13.8. The highest BCUT2D eigenvalue weighted by atomic mass is 31.2. The lowest BCUT2D eigenvalue weighted by Gasteiger charge is -2.25. The molecule has 0 aliphatic heterocycles. The monoisotopic (exact) mass is 756 g/mol. The first-order chi connectivity index (χ1) is 25.0. The van der Waals surface area contributed by atoms with Crippen molar-refractivity contribution in [1.29, 1.82) is 0 Å². The third-order valence-corrected chi connectivity index (χ3v) is 10.3. The number of quaternary nitrogens is 1. The summed E-state index contributed by atoms with van der Waals surface area (Å²) in [4.78, 5) is 23.1. The van der Waals surface area contributed by atoms with Gasteiger partial charge in [0.05, 0.1) is 39.9 Å². The Morgan fingerprint density at radius 2 is 1.10 bits per heavy atom. The minimum atomic E-state index is -4.34. The Hall–Kier alpha value is -1.28. The van der Waals surface area contributed by atoms with Crippen LogP contribution in [0.5, 0.6) is 0 Å². The van der Waals surface area contributed by atoms with Crippen LogP contribution in [-0.2, 0) is 18.4 Å². The van der Waals surface area contributed by atoms with Crippen molar-refractivity contribution in [3.63, 3.8) is 0 Å². The van der Waals surface area contributed by atoms with Crippen molar-refractivity contribution in [3.05, 3.63) is 36.5 Å². The molecule has 1 unspecified atom stereocenters. The maximum Gasteiger partial charge on any atom is 0.472 e. The number of unbranched alkanes of at least 4 members (excludes halogenated alkanes) is 21. The molecule has 0 radical (unpaired) electrons. The zero-order valence-electron chi connectivity index (χ0n) is 34.5. The first-order valence-corrected chi connectivity index (χ1v) is 22.9. The minimum Gasteiger partial charge on any atom is -0.387 e. The Kier molecular flexibility index (Phi) is 34.6. The summed E-state index contributed by atoms with van der Waals surface area (Å²) in [7, 11) is 1.56. The van der Waals surface area contributed by atoms with Crippen LogP contribution in [0.3, 0.4) is 0 Å². The summed E-state index contributed by atoms with van der Waals surface area (Å²) in [6, 6.07) is -0.851. The highest BCUT2D eigenvalue weighted by molar-refractivity contribution is 7.47. The molecular weight excluding hydrogens is 671 g/mol. The van der Waals surface area contributed by atoms with Crippen molar-refractivity contribution in [1.82, 2.24) is 5.32 Å². The van der Waals surface area contributed by atoms with Gasteiger partial charge in [-0.15, -0.1) is 0 Å². The number of aliphatic hydroxyl groups is 1. The number of phosphoric acid groups is 1. The fourth-order valence-electron chi connectivity index (χ4n) is 5.89. The molecule has 0 bridgehead atoms. The molecular formula is C43H84N2O6P+. The van der Waals surface area contributed by atoms with Gasteiger partial charge in [-0.05, 0) is 51.4 Å². The van der Waals surface area contributed by atoms with Gasteiger partial charge in [0.15, 0.2) is 0 Å². The number of allylic oxidation sites excluding steroid dienone is 5. The van der Waals surface area contributed by atoms with Crippen LogP contribution in [0.2, 0.25) is 0 Å². The molecule has 0 heterocycles. The molecule has 1 amide bonds. The Balaban J connectivity index is 4.50. The number of carbonyl (C=O) groups excluding carboxylic acids is 1. The number of nitrogens with one attached hydrogen (secondary N) is 1. The molecule has 0 saturated heterocycles. The third-order valence-electron chi connectivity index (χ3n) is 9.35. The highest BCUT2D eigenvalue weighted by Crippen LogP contribution is 2.43. The van der Waals surface area contributed by atoms with Gasteiger partial charge in [0.25, 0.3) is 0 Å². The second kappa shape index (κ2) is 35.4. The lowest BCUT2D eigenvalue weighted by Crippen LogP contribution is -2.45. The molecule has 0 aliphatic carbocycles. The van der Waals surface area contributed by atoms with E-state index in [4.69, 9.17) is 9.05 Å². The lowest BCUT2D eigenvalue weighted by molar-refractivity contribution is -0.870. The van der Waals surface area contributed by atoms with Crippen molar-refractivity contribution < 1.29 is 32.9 Å². The van der Waals surface area contributed by atoms with Gasteiger partial charge < -0.3 is 19.8 Å². The first-order valence-electron chi connectivity index (χ1n) is 21.4. The maximum absolute atomic E-state index is 12.8. The zero-order chi connectivity index (χ0) is 38.6. The average molecular weight is 756 g/mol. The molecule has 0 rings (SSSR count). The van der Waals surface area contributed by atoms with E-state index in [9.17, 15) is 19.4 Å². The van der Waals surface area contributed by atoms with E-state index in [0.717, 1.165) is 64.2 Å². The Morgan fingerprint density at radius 1 is 0.654 bits per heavy atom. The fraction of sp³-hybridized carbons (Fsp3) is 0.837. The Labute approximate surface area is 321 Å². The summed E-state index contributed by atoms with van der Waals surface area (Å²) >= 11 is 0. The number of amides is 1.